The minimum Gasteiger partial charge on any atom is -0.342 e. The molecule has 10 heteroatoms. The van der Waals surface area contributed by atoms with Crippen LogP contribution in [0.3, 0.4) is 0 Å². The molecule has 1 N–H and O–H groups in total. The van der Waals surface area contributed by atoms with Crippen molar-refractivity contribution in [2.24, 2.45) is 0 Å². The number of hydrogen-bond acceptors (Lipinski definition) is 6. The van der Waals surface area contributed by atoms with Crippen LogP contribution in [-0.2, 0) is 6.42 Å². The van der Waals surface area contributed by atoms with Crippen LogP contribution < -0.4 is 0 Å². The van der Waals surface area contributed by atoms with Crippen LogP contribution in [0.25, 0.3) is 11.0 Å². The molecule has 2 amide bonds. The predicted octanol–water partition coefficient (Wildman–Crippen LogP) is 3.03. The predicted molar refractivity (Wildman–Crippen MR) is 135 cm³/mol. The van der Waals surface area contributed by atoms with E-state index < -0.39 is 0 Å². The third kappa shape index (κ3) is 4.27. The van der Waals surface area contributed by atoms with Gasteiger partial charge in [0, 0.05) is 63.3 Å². The van der Waals surface area contributed by atoms with E-state index in [0.717, 1.165) is 18.6 Å². The molecule has 2 saturated heterocycles. The van der Waals surface area contributed by atoms with Crippen LogP contribution in [0.5, 0.6) is 0 Å². The molecule has 8 nitrogen and oxygen atoms in total. The first kappa shape index (κ1) is 22.8. The molecule has 2 aliphatic heterocycles. The number of nitrogens with zero attached hydrogens (tertiary/aromatic N) is 5. The lowest BCUT2D eigenvalue weighted by Crippen LogP contribution is -2.64. The topological polar surface area (TPSA) is 85.4 Å². The number of fused-ring (bicyclic) bond motifs is 1. The number of nitrogens with one attached hydrogen (secondary N) is 1. The highest BCUT2D eigenvalue weighted by atomic mass is 32.1. The Bertz CT molecular complexity index is 1410. The minimum atomic E-state index is -0.269. The number of likely N-dealkylation sites (tertiary alicyclic amines) is 1. The largest absolute Gasteiger partial charge is 0.342 e. The summed E-state index contributed by atoms with van der Waals surface area (Å²) >= 11 is 1.37. The molecular weight excluding hydrogens is 479 g/mol. The van der Waals surface area contributed by atoms with Gasteiger partial charge in [0.25, 0.3) is 11.8 Å². The third-order valence-electron chi connectivity index (χ3n) is 6.99. The van der Waals surface area contributed by atoms with Crippen molar-refractivity contribution in [2.45, 2.75) is 12.5 Å². The van der Waals surface area contributed by atoms with E-state index >= 15 is 0 Å². The number of H-pyrrole nitrogens is 1. The first-order valence-corrected chi connectivity index (χ1v) is 12.9. The summed E-state index contributed by atoms with van der Waals surface area (Å²) in [5.41, 5.74) is 2.50. The van der Waals surface area contributed by atoms with Crippen LogP contribution in [0, 0.1) is 5.82 Å². The lowest BCUT2D eigenvalue weighted by atomic mass is 10.0. The number of benzene rings is 2. The zero-order valence-corrected chi connectivity index (χ0v) is 20.4. The number of amides is 2. The molecule has 0 aliphatic carbocycles. The second-order valence-electron chi connectivity index (χ2n) is 9.18. The first-order valence-electron chi connectivity index (χ1n) is 12.0. The highest BCUT2D eigenvalue weighted by Crippen LogP contribution is 2.24. The lowest BCUT2D eigenvalue weighted by Gasteiger charge is -2.48. The molecule has 4 aromatic rings. The lowest BCUT2D eigenvalue weighted by molar-refractivity contribution is 0.00863. The van der Waals surface area contributed by atoms with Crippen molar-refractivity contribution in [1.29, 1.82) is 0 Å². The van der Waals surface area contributed by atoms with E-state index in [2.05, 4.69) is 19.9 Å². The van der Waals surface area contributed by atoms with Gasteiger partial charge < -0.3 is 14.8 Å². The van der Waals surface area contributed by atoms with Gasteiger partial charge in [0.1, 0.15) is 17.2 Å². The number of aromatic nitrogens is 3. The van der Waals surface area contributed by atoms with Crippen LogP contribution in [0.15, 0.2) is 54.0 Å². The fourth-order valence-corrected chi connectivity index (χ4v) is 5.54. The van der Waals surface area contributed by atoms with Gasteiger partial charge in [-0.1, -0.05) is 24.3 Å². The van der Waals surface area contributed by atoms with Gasteiger partial charge in [0.05, 0.1) is 11.1 Å². The van der Waals surface area contributed by atoms with Crippen LogP contribution in [0.2, 0.25) is 0 Å². The number of piperazine rings is 1. The minimum absolute atomic E-state index is 0.00321. The number of halogens is 1. The number of rotatable bonds is 5. The molecule has 0 bridgehead atoms. The molecule has 0 saturated carbocycles. The van der Waals surface area contributed by atoms with Crippen LogP contribution in [0.1, 0.15) is 31.5 Å². The summed E-state index contributed by atoms with van der Waals surface area (Å²) in [6, 6.07) is 12.5. The maximum absolute atomic E-state index is 14.1. The fraction of sp³-hybridized carbons (Fsp3) is 0.308. The monoisotopic (exact) mass is 504 g/mol. The Morgan fingerprint density at radius 1 is 1.00 bits per heavy atom. The van der Waals surface area contributed by atoms with Gasteiger partial charge in [0.15, 0.2) is 5.01 Å². The van der Waals surface area contributed by atoms with Gasteiger partial charge in [-0.15, -0.1) is 11.3 Å². The summed E-state index contributed by atoms with van der Waals surface area (Å²) in [5.74, 6) is 0.311. The van der Waals surface area contributed by atoms with E-state index in [4.69, 9.17) is 0 Å². The van der Waals surface area contributed by atoms with Gasteiger partial charge >= 0.3 is 0 Å². The first-order chi connectivity index (χ1) is 17.6. The van der Waals surface area contributed by atoms with E-state index in [9.17, 15) is 14.0 Å². The maximum Gasteiger partial charge on any atom is 0.282 e. The molecule has 2 aromatic heterocycles. The second-order valence-corrected chi connectivity index (χ2v) is 10.1. The van der Waals surface area contributed by atoms with Crippen molar-refractivity contribution < 1.29 is 14.0 Å². The Morgan fingerprint density at radius 2 is 1.81 bits per heavy atom. The summed E-state index contributed by atoms with van der Waals surface area (Å²) in [5, 5.41) is 2.35. The molecule has 4 heterocycles. The Labute approximate surface area is 211 Å². The Balaban J connectivity index is 1.08. The summed E-state index contributed by atoms with van der Waals surface area (Å²) in [6.45, 7) is 4.22. The van der Waals surface area contributed by atoms with Crippen LogP contribution in [0.4, 0.5) is 4.39 Å². The quantitative estimate of drug-likeness (QED) is 0.452. The van der Waals surface area contributed by atoms with Crippen LogP contribution >= 0.6 is 11.3 Å². The number of hydrogen-bond donors (Lipinski definition) is 1. The highest BCUT2D eigenvalue weighted by molar-refractivity contribution is 7.11. The summed E-state index contributed by atoms with van der Waals surface area (Å²) in [7, 11) is 0. The van der Waals surface area contributed by atoms with Crippen molar-refractivity contribution in [3.8, 4) is 0 Å². The Morgan fingerprint density at radius 3 is 2.56 bits per heavy atom. The highest BCUT2D eigenvalue weighted by Gasteiger charge is 2.37. The molecule has 36 heavy (non-hydrogen) atoms. The normalized spacial score (nSPS) is 16.9. The van der Waals surface area contributed by atoms with E-state index in [-0.39, 0.29) is 17.6 Å². The number of thiazole rings is 1. The number of para-hydroxylation sites is 1. The molecule has 2 aromatic carbocycles. The van der Waals surface area contributed by atoms with Crippen molar-refractivity contribution in [3.05, 3.63) is 81.8 Å². The van der Waals surface area contributed by atoms with E-state index in [0.29, 0.717) is 66.1 Å². The number of carbonyl (C=O) groups excluding carboxylic acids is 2. The zero-order valence-electron chi connectivity index (χ0n) is 19.6. The average molecular weight is 505 g/mol. The molecule has 2 aliphatic rings. The average Bonchev–Trinajstić information content (AvgIpc) is 3.54. The van der Waals surface area contributed by atoms with Gasteiger partial charge in [-0.25, -0.2) is 14.4 Å². The molecule has 6 rings (SSSR count). The summed E-state index contributed by atoms with van der Waals surface area (Å²) < 4.78 is 14.1. The molecule has 0 atom stereocenters. The van der Waals surface area contributed by atoms with Gasteiger partial charge in [-0.3, -0.25) is 14.5 Å². The number of imidazole rings is 1. The Kier molecular flexibility index (Phi) is 5.98. The van der Waals surface area contributed by atoms with Crippen molar-refractivity contribution >= 4 is 34.2 Å². The zero-order chi connectivity index (χ0) is 24.6. The van der Waals surface area contributed by atoms with Crippen molar-refractivity contribution in [2.75, 3.05) is 39.3 Å². The van der Waals surface area contributed by atoms with E-state index in [1.165, 1.54) is 17.4 Å². The van der Waals surface area contributed by atoms with Gasteiger partial charge in [-0.05, 0) is 23.8 Å². The molecule has 184 valence electrons. The number of aromatic amines is 1. The summed E-state index contributed by atoms with van der Waals surface area (Å²) in [6.07, 6.45) is 1.99. The van der Waals surface area contributed by atoms with Crippen LogP contribution in [-0.4, -0.2) is 86.8 Å². The summed E-state index contributed by atoms with van der Waals surface area (Å²) in [4.78, 5) is 43.9. The molecule has 2 fully saturated rings. The Hall–Kier alpha value is -3.63. The molecule has 0 spiro atoms. The van der Waals surface area contributed by atoms with Gasteiger partial charge in [-0.2, -0.15) is 0 Å². The third-order valence-corrected chi connectivity index (χ3v) is 7.75. The standard InChI is InChI=1S/C26H25FN6O2S/c27-20-6-2-1-4-17(20)14-22-29-21-7-3-5-19(23(21)30-22)25(34)33-15-18(16-33)31-9-11-32(12-10-31)26(35)24-28-8-13-36-24/h1-8,13,18H,9-12,14-16H2,(H,29,30). The smallest absolute Gasteiger partial charge is 0.282 e. The molecule has 0 radical (unpaired) electrons. The van der Waals surface area contributed by atoms with Crippen molar-refractivity contribution in [1.82, 2.24) is 29.7 Å². The van der Waals surface area contributed by atoms with E-state index in [1.54, 1.807) is 30.5 Å². The molecule has 0 unspecified atom stereocenters. The number of carbonyl (C=O) groups is 2. The fourth-order valence-electron chi connectivity index (χ4n) is 4.94. The van der Waals surface area contributed by atoms with Gasteiger partial charge in [0.2, 0.25) is 0 Å². The molecular formula is C26H25FN6O2S. The van der Waals surface area contributed by atoms with Crippen molar-refractivity contribution in [3.63, 3.8) is 0 Å². The maximum atomic E-state index is 14.1. The van der Waals surface area contributed by atoms with E-state index in [1.807, 2.05) is 27.3 Å². The second kappa shape index (κ2) is 9.44. The SMILES string of the molecule is O=C(c1nccs1)N1CCN(C2CN(C(=O)c3cccc4[nH]c(Cc5ccccc5F)nc34)C2)CC1.